The van der Waals surface area contributed by atoms with Crippen LogP contribution in [0.3, 0.4) is 0 Å². The molecule has 0 aliphatic carbocycles. The molecule has 1 unspecified atom stereocenters. The zero-order valence-electron chi connectivity index (χ0n) is 31.5. The lowest BCUT2D eigenvalue weighted by molar-refractivity contribution is 0.173. The molecular formula is C43H48ClN5O4S. The fraction of sp³-hybridized carbons (Fsp3) is 0.372. The second-order valence-corrected chi connectivity index (χ2v) is 15.3. The van der Waals surface area contributed by atoms with Crippen LogP contribution >= 0.6 is 22.9 Å². The van der Waals surface area contributed by atoms with Gasteiger partial charge in [0.25, 0.3) is 0 Å². The van der Waals surface area contributed by atoms with Crippen molar-refractivity contribution in [2.24, 2.45) is 0 Å². The highest BCUT2D eigenvalue weighted by molar-refractivity contribution is 7.09. The summed E-state index contributed by atoms with van der Waals surface area (Å²) in [7, 11) is 2.08. The van der Waals surface area contributed by atoms with Gasteiger partial charge in [-0.1, -0.05) is 41.9 Å². The van der Waals surface area contributed by atoms with E-state index in [0.29, 0.717) is 41.8 Å². The van der Waals surface area contributed by atoms with Gasteiger partial charge in [-0.2, -0.15) is 5.26 Å². The minimum Gasteiger partial charge on any atom is -0.493 e. The summed E-state index contributed by atoms with van der Waals surface area (Å²) >= 11 is 8.59. The Morgan fingerprint density at radius 3 is 2.52 bits per heavy atom. The first-order chi connectivity index (χ1) is 26.2. The van der Waals surface area contributed by atoms with Crippen molar-refractivity contribution in [3.63, 3.8) is 0 Å². The van der Waals surface area contributed by atoms with Gasteiger partial charge in [-0.05, 0) is 93.1 Å². The molecule has 6 rings (SSSR count). The number of halogens is 1. The minimum absolute atomic E-state index is 0.200. The van der Waals surface area contributed by atoms with Gasteiger partial charge in [0.1, 0.15) is 36.5 Å². The number of β-amino-alcohol motifs (C(OH)–C–C–N with tert-alkyl or cyclic N) is 1. The molecule has 0 spiro atoms. The zero-order chi connectivity index (χ0) is 38.0. The van der Waals surface area contributed by atoms with Gasteiger partial charge in [-0.15, -0.1) is 11.3 Å². The van der Waals surface area contributed by atoms with E-state index >= 15 is 0 Å². The van der Waals surface area contributed by atoms with E-state index in [4.69, 9.17) is 25.8 Å². The van der Waals surface area contributed by atoms with Gasteiger partial charge in [0.05, 0.1) is 34.5 Å². The van der Waals surface area contributed by atoms with E-state index < -0.39 is 0 Å². The number of nitriles is 1. The van der Waals surface area contributed by atoms with Crippen molar-refractivity contribution in [1.82, 2.24) is 19.8 Å². The number of hydrogen-bond acceptors (Lipinski definition) is 10. The molecule has 11 heteroatoms. The maximum atomic E-state index is 9.81. The summed E-state index contributed by atoms with van der Waals surface area (Å²) < 4.78 is 19.1. The Morgan fingerprint density at radius 2 is 1.76 bits per heavy atom. The fourth-order valence-corrected chi connectivity index (χ4v) is 7.81. The molecule has 1 N–H and O–H groups in total. The lowest BCUT2D eigenvalue weighted by Gasteiger charge is -2.21. The van der Waals surface area contributed by atoms with Crippen molar-refractivity contribution in [3.05, 3.63) is 121 Å². The lowest BCUT2D eigenvalue weighted by Crippen LogP contribution is -2.24. The van der Waals surface area contributed by atoms with Crippen LogP contribution in [0.25, 0.3) is 11.1 Å². The van der Waals surface area contributed by atoms with E-state index in [1.165, 1.54) is 11.1 Å². The number of likely N-dealkylation sites (N-methyl/N-ethyl adjacent to an activating group) is 1. The number of aliphatic hydroxyl groups excluding tert-OH is 1. The third-order valence-electron chi connectivity index (χ3n) is 9.97. The summed E-state index contributed by atoms with van der Waals surface area (Å²) in [4.78, 5) is 14.4. The van der Waals surface area contributed by atoms with E-state index in [1.807, 2.05) is 36.7 Å². The molecular weight excluding hydrogens is 718 g/mol. The van der Waals surface area contributed by atoms with Gasteiger partial charge < -0.3 is 29.1 Å². The molecule has 282 valence electrons. The second kappa shape index (κ2) is 18.7. The monoisotopic (exact) mass is 765 g/mol. The maximum absolute atomic E-state index is 9.81. The normalized spacial score (nSPS) is 14.4. The summed E-state index contributed by atoms with van der Waals surface area (Å²) in [5, 5.41) is 19.7. The summed E-state index contributed by atoms with van der Waals surface area (Å²) in [5.41, 5.74) is 10.7. The smallest absolute Gasteiger partial charge is 0.142 e. The van der Waals surface area contributed by atoms with Crippen LogP contribution in [0, 0.1) is 32.1 Å². The third-order valence-corrected chi connectivity index (χ3v) is 11.3. The molecule has 5 aromatic rings. The standard InChI is InChI=1S/C43H48ClN5O4S/c1-29-34(8-5-9-37(29)38-10-6-11-40(30(38)2)51-17-7-14-49-16-12-36(50)25-49)27-53-42-20-41(52-26-33-18-32(21-45)22-46-23-33)35(19-39(42)44)24-48(4)15-13-43-31(3)47-28-54-43/h5-6,8-11,18-20,22-23,28,36,50H,7,12-17,24-27H2,1-4H3. The van der Waals surface area contributed by atoms with Crippen molar-refractivity contribution < 1.29 is 19.3 Å². The van der Waals surface area contributed by atoms with Crippen molar-refractivity contribution in [2.75, 3.05) is 39.8 Å². The van der Waals surface area contributed by atoms with E-state index in [0.717, 1.165) is 95.8 Å². The van der Waals surface area contributed by atoms with Gasteiger partial charge in [-0.3, -0.25) is 4.98 Å². The van der Waals surface area contributed by atoms with Crippen LogP contribution in [0.1, 0.15) is 56.8 Å². The molecule has 0 bridgehead atoms. The highest BCUT2D eigenvalue weighted by Gasteiger charge is 2.20. The van der Waals surface area contributed by atoms with Gasteiger partial charge in [0.2, 0.25) is 0 Å². The number of benzene rings is 3. The molecule has 0 amide bonds. The minimum atomic E-state index is -0.200. The lowest BCUT2D eigenvalue weighted by atomic mass is 9.93. The number of rotatable bonds is 17. The van der Waals surface area contributed by atoms with Crippen LogP contribution in [-0.2, 0) is 26.2 Å². The van der Waals surface area contributed by atoms with E-state index in [9.17, 15) is 10.4 Å². The van der Waals surface area contributed by atoms with E-state index in [1.54, 1.807) is 23.6 Å². The SMILES string of the molecule is Cc1ncsc1CCN(C)Cc1cc(Cl)c(OCc2cccc(-c3cccc(OCCCN4CCC(O)C4)c3C)c2C)cc1OCc1cncc(C#N)c1. The highest BCUT2D eigenvalue weighted by Crippen LogP contribution is 2.37. The zero-order valence-corrected chi connectivity index (χ0v) is 33.1. The van der Waals surface area contributed by atoms with E-state index in [2.05, 4.69) is 71.0 Å². The topological polar surface area (TPSA) is 104 Å². The number of aromatic nitrogens is 2. The van der Waals surface area contributed by atoms with Crippen LogP contribution in [-0.4, -0.2) is 70.8 Å². The number of ether oxygens (including phenoxy) is 3. The maximum Gasteiger partial charge on any atom is 0.142 e. The molecule has 2 aromatic heterocycles. The third kappa shape index (κ3) is 10.2. The number of aryl methyl sites for hydroxylation is 1. The Hall–Kier alpha value is -4.50. The number of thiazole rings is 1. The molecule has 3 heterocycles. The summed E-state index contributed by atoms with van der Waals surface area (Å²) in [5.74, 6) is 2.07. The van der Waals surface area contributed by atoms with E-state index in [-0.39, 0.29) is 12.7 Å². The average molecular weight is 766 g/mol. The fourth-order valence-electron chi connectivity index (χ4n) is 6.80. The average Bonchev–Trinajstić information content (AvgIpc) is 3.79. The molecule has 1 aliphatic heterocycles. The Morgan fingerprint density at radius 1 is 0.963 bits per heavy atom. The number of likely N-dealkylation sites (tertiary alicyclic amines) is 1. The molecule has 1 atom stereocenters. The number of nitrogens with zero attached hydrogens (tertiary/aromatic N) is 5. The van der Waals surface area contributed by atoms with Crippen LogP contribution in [0.2, 0.25) is 5.02 Å². The van der Waals surface area contributed by atoms with Gasteiger partial charge in [-0.25, -0.2) is 4.98 Å². The first-order valence-corrected chi connectivity index (χ1v) is 19.7. The summed E-state index contributed by atoms with van der Waals surface area (Å²) in [6.45, 7) is 11.6. The highest BCUT2D eigenvalue weighted by atomic mass is 35.5. The molecule has 0 saturated carbocycles. The van der Waals surface area contributed by atoms with Crippen molar-refractivity contribution in [3.8, 4) is 34.4 Å². The van der Waals surface area contributed by atoms with Crippen molar-refractivity contribution >= 4 is 22.9 Å². The number of pyridine rings is 1. The first kappa shape index (κ1) is 39.2. The Balaban J connectivity index is 1.16. The molecule has 1 aliphatic rings. The summed E-state index contributed by atoms with van der Waals surface area (Å²) in [6.07, 6.45) is 5.72. The molecule has 0 radical (unpaired) electrons. The predicted molar refractivity (Wildman–Crippen MR) is 214 cm³/mol. The van der Waals surface area contributed by atoms with Crippen molar-refractivity contribution in [2.45, 2.75) is 65.9 Å². The number of aliphatic hydroxyl groups is 1. The quantitative estimate of drug-likeness (QED) is 0.0937. The Kier molecular flexibility index (Phi) is 13.6. The molecule has 1 saturated heterocycles. The van der Waals surface area contributed by atoms with Gasteiger partial charge in [0.15, 0.2) is 0 Å². The molecule has 54 heavy (non-hydrogen) atoms. The van der Waals surface area contributed by atoms with Gasteiger partial charge in [0, 0.05) is 67.2 Å². The molecule has 1 fully saturated rings. The largest absolute Gasteiger partial charge is 0.493 e. The second-order valence-electron chi connectivity index (χ2n) is 14.0. The predicted octanol–water partition coefficient (Wildman–Crippen LogP) is 8.32. The Labute approximate surface area is 327 Å². The molecule has 3 aromatic carbocycles. The number of hydrogen-bond donors (Lipinski definition) is 1. The van der Waals surface area contributed by atoms with Crippen molar-refractivity contribution in [1.29, 1.82) is 5.26 Å². The van der Waals surface area contributed by atoms with Crippen LogP contribution in [0.15, 0.2) is 72.5 Å². The van der Waals surface area contributed by atoms with Crippen LogP contribution in [0.5, 0.6) is 17.2 Å². The first-order valence-electron chi connectivity index (χ1n) is 18.4. The van der Waals surface area contributed by atoms with Crippen LogP contribution in [0.4, 0.5) is 0 Å². The summed E-state index contributed by atoms with van der Waals surface area (Å²) in [6, 6.07) is 20.2. The van der Waals surface area contributed by atoms with Crippen LogP contribution < -0.4 is 14.2 Å². The van der Waals surface area contributed by atoms with Gasteiger partial charge >= 0.3 is 0 Å². The molecule has 9 nitrogen and oxygen atoms in total. The Bertz CT molecular complexity index is 2080.